The van der Waals surface area contributed by atoms with Crippen molar-refractivity contribution in [2.24, 2.45) is 0 Å². The molecule has 0 amide bonds. The van der Waals surface area contributed by atoms with E-state index in [0.717, 1.165) is 5.69 Å². The molecular weight excluding hydrogens is 273 g/mol. The number of nitrogens with zero attached hydrogens (tertiary/aromatic N) is 3. The molecule has 0 unspecified atom stereocenters. The Bertz CT molecular complexity index is 772. The number of rotatable bonds is 4. The topological polar surface area (TPSA) is 57.0 Å². The average molecular weight is 283 g/mol. The Hall–Kier alpha value is -3.02. The van der Waals surface area contributed by atoms with Crippen molar-refractivity contribution >= 4 is 6.29 Å². The zero-order valence-electron chi connectivity index (χ0n) is 10.8. The molecule has 1 heterocycles. The fourth-order valence-electron chi connectivity index (χ4n) is 1.82. The standard InChI is InChI=1S/C15H10FN3O2/c16-13-7-4-8-14(12(13)9-20)21-15-17-10-19(18-15)11-5-2-1-3-6-11/h1-10H. The molecule has 0 radical (unpaired) electrons. The summed E-state index contributed by atoms with van der Waals surface area (Å²) in [7, 11) is 0. The lowest BCUT2D eigenvalue weighted by Crippen LogP contribution is -1.97. The molecule has 1 aromatic heterocycles. The molecule has 0 saturated heterocycles. The average Bonchev–Trinajstić information content (AvgIpc) is 2.97. The van der Waals surface area contributed by atoms with Crippen LogP contribution in [0.2, 0.25) is 0 Å². The third-order valence-corrected chi connectivity index (χ3v) is 2.82. The van der Waals surface area contributed by atoms with E-state index in [1.54, 1.807) is 0 Å². The summed E-state index contributed by atoms with van der Waals surface area (Å²) < 4.78 is 20.4. The second-order valence-electron chi connectivity index (χ2n) is 4.18. The quantitative estimate of drug-likeness (QED) is 0.691. The van der Waals surface area contributed by atoms with Gasteiger partial charge in [-0.15, -0.1) is 5.10 Å². The molecule has 0 saturated carbocycles. The first-order valence-electron chi connectivity index (χ1n) is 6.16. The van der Waals surface area contributed by atoms with Crippen molar-refractivity contribution in [3.63, 3.8) is 0 Å². The number of carbonyl (C=O) groups excluding carboxylic acids is 1. The Morgan fingerprint density at radius 1 is 1.10 bits per heavy atom. The predicted molar refractivity (Wildman–Crippen MR) is 73.2 cm³/mol. The minimum absolute atomic E-state index is 0.0348. The summed E-state index contributed by atoms with van der Waals surface area (Å²) in [5.41, 5.74) is 0.656. The summed E-state index contributed by atoms with van der Waals surface area (Å²) in [6.45, 7) is 0. The zero-order chi connectivity index (χ0) is 14.7. The van der Waals surface area contributed by atoms with Crippen LogP contribution in [0.25, 0.3) is 5.69 Å². The molecule has 0 atom stereocenters. The van der Waals surface area contributed by atoms with Gasteiger partial charge in [-0.25, -0.2) is 9.07 Å². The molecule has 5 nitrogen and oxygen atoms in total. The summed E-state index contributed by atoms with van der Waals surface area (Å²) in [6.07, 6.45) is 1.88. The van der Waals surface area contributed by atoms with Crippen LogP contribution in [-0.4, -0.2) is 21.1 Å². The molecule has 0 aliphatic rings. The van der Waals surface area contributed by atoms with Crippen LogP contribution < -0.4 is 4.74 Å². The van der Waals surface area contributed by atoms with Crippen LogP contribution in [0.1, 0.15) is 10.4 Å². The first kappa shape index (κ1) is 13.0. The Morgan fingerprint density at radius 3 is 2.67 bits per heavy atom. The molecule has 3 aromatic rings. The van der Waals surface area contributed by atoms with Gasteiger partial charge in [0.1, 0.15) is 17.9 Å². The molecular formula is C15H10FN3O2. The van der Waals surface area contributed by atoms with Gasteiger partial charge in [0.2, 0.25) is 0 Å². The normalized spacial score (nSPS) is 10.3. The molecule has 0 bridgehead atoms. The molecule has 0 aliphatic carbocycles. The van der Waals surface area contributed by atoms with Crippen LogP contribution in [0, 0.1) is 5.82 Å². The highest BCUT2D eigenvalue weighted by atomic mass is 19.1. The van der Waals surface area contributed by atoms with E-state index in [9.17, 15) is 9.18 Å². The van der Waals surface area contributed by atoms with Crippen molar-refractivity contribution < 1.29 is 13.9 Å². The van der Waals surface area contributed by atoms with E-state index in [1.165, 1.54) is 29.2 Å². The van der Waals surface area contributed by atoms with Crippen molar-refractivity contribution in [3.8, 4) is 17.4 Å². The van der Waals surface area contributed by atoms with Crippen molar-refractivity contribution in [3.05, 3.63) is 66.2 Å². The first-order valence-corrected chi connectivity index (χ1v) is 6.16. The maximum atomic E-state index is 13.5. The van der Waals surface area contributed by atoms with Crippen LogP contribution in [0.4, 0.5) is 4.39 Å². The molecule has 0 spiro atoms. The second kappa shape index (κ2) is 5.54. The van der Waals surface area contributed by atoms with Gasteiger partial charge in [-0.3, -0.25) is 4.79 Å². The highest BCUT2D eigenvalue weighted by molar-refractivity contribution is 5.79. The minimum atomic E-state index is -0.648. The Morgan fingerprint density at radius 2 is 1.90 bits per heavy atom. The largest absolute Gasteiger partial charge is 0.422 e. The summed E-state index contributed by atoms with van der Waals surface area (Å²) in [4.78, 5) is 14.9. The SMILES string of the molecule is O=Cc1c(F)cccc1Oc1ncn(-c2ccccc2)n1. The van der Waals surface area contributed by atoms with E-state index in [1.807, 2.05) is 30.3 Å². The highest BCUT2D eigenvalue weighted by Gasteiger charge is 2.12. The number of aromatic nitrogens is 3. The lowest BCUT2D eigenvalue weighted by molar-refractivity contribution is 0.111. The van der Waals surface area contributed by atoms with Crippen LogP contribution in [0.3, 0.4) is 0 Å². The molecule has 0 fully saturated rings. The molecule has 0 aliphatic heterocycles. The van der Waals surface area contributed by atoms with Gasteiger partial charge in [0.15, 0.2) is 6.29 Å². The van der Waals surface area contributed by atoms with E-state index < -0.39 is 5.82 Å². The van der Waals surface area contributed by atoms with Crippen LogP contribution in [0.15, 0.2) is 54.9 Å². The summed E-state index contributed by atoms with van der Waals surface area (Å²) in [5.74, 6) is -0.569. The van der Waals surface area contributed by atoms with Crippen molar-refractivity contribution in [1.29, 1.82) is 0 Å². The Labute approximate surface area is 119 Å². The van der Waals surface area contributed by atoms with E-state index in [2.05, 4.69) is 10.1 Å². The summed E-state index contributed by atoms with van der Waals surface area (Å²) in [5, 5.41) is 4.13. The number of para-hydroxylation sites is 1. The molecule has 104 valence electrons. The summed E-state index contributed by atoms with van der Waals surface area (Å²) in [6, 6.07) is 13.5. The van der Waals surface area contributed by atoms with Crippen LogP contribution in [0.5, 0.6) is 11.8 Å². The molecule has 3 rings (SSSR count). The summed E-state index contributed by atoms with van der Waals surface area (Å²) >= 11 is 0. The highest BCUT2D eigenvalue weighted by Crippen LogP contribution is 2.23. The van der Waals surface area contributed by atoms with Gasteiger partial charge in [0, 0.05) is 0 Å². The lowest BCUT2D eigenvalue weighted by Gasteiger charge is -2.04. The third kappa shape index (κ3) is 2.64. The number of hydrogen-bond acceptors (Lipinski definition) is 4. The van der Waals surface area contributed by atoms with Crippen molar-refractivity contribution in [1.82, 2.24) is 14.8 Å². The molecule has 0 N–H and O–H groups in total. The third-order valence-electron chi connectivity index (χ3n) is 2.82. The predicted octanol–water partition coefficient (Wildman–Crippen LogP) is 3.01. The smallest absolute Gasteiger partial charge is 0.341 e. The monoisotopic (exact) mass is 283 g/mol. The van der Waals surface area contributed by atoms with Gasteiger partial charge in [-0.2, -0.15) is 4.98 Å². The van der Waals surface area contributed by atoms with Gasteiger partial charge in [0.05, 0.1) is 11.3 Å². The second-order valence-corrected chi connectivity index (χ2v) is 4.18. The Balaban J connectivity index is 1.89. The number of ether oxygens (including phenoxy) is 1. The lowest BCUT2D eigenvalue weighted by atomic mass is 10.2. The van der Waals surface area contributed by atoms with Crippen molar-refractivity contribution in [2.75, 3.05) is 0 Å². The number of carbonyl (C=O) groups is 1. The zero-order valence-corrected chi connectivity index (χ0v) is 10.8. The Kier molecular flexibility index (Phi) is 3.42. The van der Waals surface area contributed by atoms with Gasteiger partial charge in [0.25, 0.3) is 0 Å². The fourth-order valence-corrected chi connectivity index (χ4v) is 1.82. The minimum Gasteiger partial charge on any atom is -0.422 e. The van der Waals surface area contributed by atoms with Gasteiger partial charge in [-0.05, 0) is 24.3 Å². The van der Waals surface area contributed by atoms with E-state index in [0.29, 0.717) is 6.29 Å². The van der Waals surface area contributed by atoms with E-state index >= 15 is 0 Å². The number of halogens is 1. The van der Waals surface area contributed by atoms with Gasteiger partial charge < -0.3 is 4.74 Å². The van der Waals surface area contributed by atoms with Crippen LogP contribution >= 0.6 is 0 Å². The molecule has 2 aromatic carbocycles. The van der Waals surface area contributed by atoms with E-state index in [4.69, 9.17) is 4.74 Å². The van der Waals surface area contributed by atoms with E-state index in [-0.39, 0.29) is 17.3 Å². The first-order chi connectivity index (χ1) is 10.3. The number of hydrogen-bond donors (Lipinski definition) is 0. The van der Waals surface area contributed by atoms with Crippen molar-refractivity contribution in [2.45, 2.75) is 0 Å². The number of aldehydes is 1. The maximum absolute atomic E-state index is 13.5. The van der Waals surface area contributed by atoms with Gasteiger partial charge >= 0.3 is 6.01 Å². The maximum Gasteiger partial charge on any atom is 0.341 e. The number of benzene rings is 2. The molecule has 21 heavy (non-hydrogen) atoms. The van der Waals surface area contributed by atoms with Crippen LogP contribution in [-0.2, 0) is 0 Å². The molecule has 6 heteroatoms. The fraction of sp³-hybridized carbons (Fsp3) is 0. The van der Waals surface area contributed by atoms with Gasteiger partial charge in [-0.1, -0.05) is 24.3 Å².